The first-order valence-corrected chi connectivity index (χ1v) is 6.96. The number of Topliss-reactive ketones (excluding diaryl/α,β-unsaturated/α-hetero) is 1. The van der Waals surface area contributed by atoms with Crippen molar-refractivity contribution in [1.29, 1.82) is 0 Å². The molecule has 0 atom stereocenters. The molecule has 0 radical (unpaired) electrons. The molecular weight excluding hydrogens is 328 g/mol. The molecule has 0 N–H and O–H groups in total. The highest BCUT2D eigenvalue weighted by Crippen LogP contribution is 2.20. The van der Waals surface area contributed by atoms with Crippen molar-refractivity contribution >= 4 is 23.4 Å². The number of ketones is 1. The van der Waals surface area contributed by atoms with Crippen molar-refractivity contribution in [1.82, 2.24) is 4.98 Å². The van der Waals surface area contributed by atoms with Gasteiger partial charge in [-0.2, -0.15) is 0 Å². The summed E-state index contributed by atoms with van der Waals surface area (Å²) < 4.78 is 30.8. The predicted molar refractivity (Wildman–Crippen MR) is 79.7 cm³/mol. The summed E-state index contributed by atoms with van der Waals surface area (Å²) in [6.45, 7) is 2.77. The lowest BCUT2D eigenvalue weighted by atomic mass is 10.1. The molecule has 0 aliphatic rings. The summed E-state index contributed by atoms with van der Waals surface area (Å²) in [4.78, 5) is 27.8. The van der Waals surface area contributed by atoms with Crippen LogP contribution in [0.2, 0.25) is 5.15 Å². The average molecular weight is 340 g/mol. The minimum Gasteiger partial charge on any atom is -0.454 e. The van der Waals surface area contributed by atoms with Crippen LogP contribution in [0.3, 0.4) is 0 Å². The summed E-state index contributed by atoms with van der Waals surface area (Å²) >= 11 is 5.91. The number of ether oxygens (including phenoxy) is 1. The fraction of sp³-hybridized carbons (Fsp3) is 0.188. The molecule has 1 aromatic carbocycles. The average Bonchev–Trinajstić information content (AvgIpc) is 2.46. The summed E-state index contributed by atoms with van der Waals surface area (Å²) in [7, 11) is 0. The van der Waals surface area contributed by atoms with Crippen molar-refractivity contribution in [3.8, 4) is 0 Å². The number of esters is 1. The lowest BCUT2D eigenvalue weighted by Gasteiger charge is -2.09. The topological polar surface area (TPSA) is 56.3 Å². The number of benzene rings is 1. The monoisotopic (exact) mass is 339 g/mol. The van der Waals surface area contributed by atoms with Gasteiger partial charge in [0.15, 0.2) is 24.0 Å². The summed E-state index contributed by atoms with van der Waals surface area (Å²) in [5.74, 6) is -3.68. The third-order valence-corrected chi connectivity index (χ3v) is 3.35. The molecule has 0 saturated carbocycles. The molecule has 0 aliphatic carbocycles. The number of rotatable bonds is 4. The third-order valence-electron chi connectivity index (χ3n) is 3.08. The Morgan fingerprint density at radius 2 is 1.87 bits per heavy atom. The van der Waals surface area contributed by atoms with Gasteiger partial charge in [0.2, 0.25) is 0 Å². The van der Waals surface area contributed by atoms with Gasteiger partial charge in [-0.1, -0.05) is 11.6 Å². The Hall–Kier alpha value is -2.34. The van der Waals surface area contributed by atoms with Gasteiger partial charge >= 0.3 is 5.97 Å². The molecule has 1 aromatic heterocycles. The van der Waals surface area contributed by atoms with Gasteiger partial charge in [0, 0.05) is 11.3 Å². The van der Waals surface area contributed by atoms with E-state index < -0.39 is 30.0 Å². The van der Waals surface area contributed by atoms with E-state index in [-0.39, 0.29) is 16.3 Å². The molecule has 2 rings (SSSR count). The summed E-state index contributed by atoms with van der Waals surface area (Å²) in [6, 6.07) is 4.34. The Balaban J connectivity index is 2.10. The molecule has 120 valence electrons. The van der Waals surface area contributed by atoms with E-state index in [1.807, 2.05) is 0 Å². The number of nitrogens with zero attached hydrogens (tertiary/aromatic N) is 1. The van der Waals surface area contributed by atoms with Gasteiger partial charge in [0.05, 0.1) is 5.56 Å². The van der Waals surface area contributed by atoms with Crippen LogP contribution in [-0.2, 0) is 4.74 Å². The molecule has 0 saturated heterocycles. The molecule has 0 spiro atoms. The first-order valence-electron chi connectivity index (χ1n) is 6.58. The van der Waals surface area contributed by atoms with E-state index in [0.717, 1.165) is 18.2 Å². The molecule has 0 fully saturated rings. The molecular formula is C16H12ClF2NO3. The second kappa shape index (κ2) is 6.83. The lowest BCUT2D eigenvalue weighted by Crippen LogP contribution is -2.16. The van der Waals surface area contributed by atoms with Crippen LogP contribution in [0.25, 0.3) is 0 Å². The van der Waals surface area contributed by atoms with Crippen molar-refractivity contribution in [3.05, 3.63) is 63.4 Å². The largest absolute Gasteiger partial charge is 0.454 e. The molecule has 23 heavy (non-hydrogen) atoms. The number of carbonyl (C=O) groups excluding carboxylic acids is 2. The van der Waals surface area contributed by atoms with Crippen LogP contribution in [-0.4, -0.2) is 23.3 Å². The Kier molecular flexibility index (Phi) is 5.05. The second-order valence-electron chi connectivity index (χ2n) is 4.87. The Bertz CT molecular complexity index is 770. The van der Waals surface area contributed by atoms with Gasteiger partial charge in [0.25, 0.3) is 0 Å². The second-order valence-corrected chi connectivity index (χ2v) is 5.23. The number of carbonyl (C=O) groups is 2. The highest BCUT2D eigenvalue weighted by molar-refractivity contribution is 6.32. The van der Waals surface area contributed by atoms with E-state index in [2.05, 4.69) is 4.98 Å². The number of aryl methyl sites for hydroxylation is 2. The first-order chi connectivity index (χ1) is 10.8. The van der Waals surface area contributed by atoms with Gasteiger partial charge in [-0.15, -0.1) is 0 Å². The number of pyridine rings is 1. The Labute approximate surface area is 136 Å². The van der Waals surface area contributed by atoms with Gasteiger partial charge in [-0.05, 0) is 43.7 Å². The molecule has 1 heterocycles. The predicted octanol–water partition coefficient (Wildman–Crippen LogP) is 3.67. The van der Waals surface area contributed by atoms with Crippen LogP contribution in [0.5, 0.6) is 0 Å². The fourth-order valence-electron chi connectivity index (χ4n) is 1.99. The number of hydrogen-bond acceptors (Lipinski definition) is 4. The van der Waals surface area contributed by atoms with Crippen molar-refractivity contribution < 1.29 is 23.1 Å². The zero-order chi connectivity index (χ0) is 17.1. The maximum atomic E-state index is 13.1. The minimum absolute atomic E-state index is 0.0206. The molecule has 0 bridgehead atoms. The zero-order valence-electron chi connectivity index (χ0n) is 12.3. The fourth-order valence-corrected chi connectivity index (χ4v) is 2.35. The van der Waals surface area contributed by atoms with Crippen molar-refractivity contribution in [2.45, 2.75) is 13.8 Å². The van der Waals surface area contributed by atoms with Crippen LogP contribution < -0.4 is 0 Å². The highest BCUT2D eigenvalue weighted by Gasteiger charge is 2.19. The summed E-state index contributed by atoms with van der Waals surface area (Å²) in [5.41, 5.74) is 1.17. The minimum atomic E-state index is -1.15. The maximum Gasteiger partial charge on any atom is 0.342 e. The van der Waals surface area contributed by atoms with Crippen LogP contribution in [0, 0.1) is 25.5 Å². The SMILES string of the molecule is Cc1cc(C)c(C(=O)OCC(=O)c2ccc(F)c(F)c2)c(Cl)n1. The van der Waals surface area contributed by atoms with Crippen molar-refractivity contribution in [2.24, 2.45) is 0 Å². The highest BCUT2D eigenvalue weighted by atomic mass is 35.5. The van der Waals surface area contributed by atoms with Crippen molar-refractivity contribution in [2.75, 3.05) is 6.61 Å². The summed E-state index contributed by atoms with van der Waals surface area (Å²) in [6.07, 6.45) is 0. The van der Waals surface area contributed by atoms with E-state index in [9.17, 15) is 18.4 Å². The number of aromatic nitrogens is 1. The van der Waals surface area contributed by atoms with Gasteiger partial charge in [0.1, 0.15) is 5.15 Å². The molecule has 7 heteroatoms. The van der Waals surface area contributed by atoms with Gasteiger partial charge < -0.3 is 4.74 Å². The van der Waals surface area contributed by atoms with Crippen LogP contribution in [0.4, 0.5) is 8.78 Å². The van der Waals surface area contributed by atoms with Crippen molar-refractivity contribution in [3.63, 3.8) is 0 Å². The van der Waals surface area contributed by atoms with Crippen LogP contribution in [0.1, 0.15) is 32.0 Å². The van der Waals surface area contributed by atoms with E-state index in [4.69, 9.17) is 16.3 Å². The van der Waals surface area contributed by atoms with E-state index in [1.54, 1.807) is 19.9 Å². The van der Waals surface area contributed by atoms with E-state index in [1.165, 1.54) is 0 Å². The first kappa shape index (κ1) is 17.0. The lowest BCUT2D eigenvalue weighted by molar-refractivity contribution is 0.0473. The Morgan fingerprint density at radius 3 is 2.48 bits per heavy atom. The smallest absolute Gasteiger partial charge is 0.342 e. The normalized spacial score (nSPS) is 10.5. The van der Waals surface area contributed by atoms with E-state index >= 15 is 0 Å². The quantitative estimate of drug-likeness (QED) is 0.484. The number of halogens is 3. The molecule has 0 unspecified atom stereocenters. The number of hydrogen-bond donors (Lipinski definition) is 0. The van der Waals surface area contributed by atoms with Crippen LogP contribution in [0.15, 0.2) is 24.3 Å². The molecule has 0 amide bonds. The molecule has 2 aromatic rings. The summed E-state index contributed by atoms with van der Waals surface area (Å²) in [5, 5.41) is -0.0206. The maximum absolute atomic E-state index is 13.1. The molecule has 0 aliphatic heterocycles. The van der Waals surface area contributed by atoms with Crippen LogP contribution >= 0.6 is 11.6 Å². The zero-order valence-corrected chi connectivity index (χ0v) is 13.1. The standard InChI is InChI=1S/C16H12ClF2NO3/c1-8-5-9(2)20-15(17)14(8)16(22)23-7-13(21)10-3-4-11(18)12(19)6-10/h3-6H,7H2,1-2H3. The van der Waals surface area contributed by atoms with E-state index in [0.29, 0.717) is 11.3 Å². The Morgan fingerprint density at radius 1 is 1.17 bits per heavy atom. The molecule has 4 nitrogen and oxygen atoms in total. The van der Waals surface area contributed by atoms with Gasteiger partial charge in [-0.25, -0.2) is 18.6 Å². The van der Waals surface area contributed by atoms with Gasteiger partial charge in [-0.3, -0.25) is 4.79 Å². The third kappa shape index (κ3) is 3.90.